The standard InChI is InChI=1S/C26H31ClN2O3/c1-3-5-6-7-8-9-16-32-24-15-10-20(18-25(24)31-4-2)17-21(19-28)26(30)29-23-13-11-22(27)12-14-23/h10-15,17-18H,3-9,16H2,1-2H3,(H,29,30)/b21-17-. The van der Waals surface area contributed by atoms with Gasteiger partial charge in [-0.1, -0.05) is 56.7 Å². The molecule has 0 fully saturated rings. The predicted molar refractivity (Wildman–Crippen MR) is 130 cm³/mol. The Balaban J connectivity index is 2.03. The van der Waals surface area contributed by atoms with Gasteiger partial charge < -0.3 is 14.8 Å². The summed E-state index contributed by atoms with van der Waals surface area (Å²) in [4.78, 5) is 12.5. The minimum atomic E-state index is -0.490. The second kappa shape index (κ2) is 14.2. The first-order valence-electron chi connectivity index (χ1n) is 11.2. The van der Waals surface area contributed by atoms with Crippen LogP contribution in [0.2, 0.25) is 5.02 Å². The van der Waals surface area contributed by atoms with E-state index in [4.69, 9.17) is 21.1 Å². The molecule has 0 saturated carbocycles. The summed E-state index contributed by atoms with van der Waals surface area (Å²) < 4.78 is 11.6. The lowest BCUT2D eigenvalue weighted by Gasteiger charge is -2.13. The van der Waals surface area contributed by atoms with Gasteiger partial charge in [-0.25, -0.2) is 0 Å². The minimum Gasteiger partial charge on any atom is -0.490 e. The number of nitriles is 1. The van der Waals surface area contributed by atoms with Crippen LogP contribution in [0.5, 0.6) is 11.5 Å². The number of hydrogen-bond donors (Lipinski definition) is 1. The van der Waals surface area contributed by atoms with Crippen LogP contribution < -0.4 is 14.8 Å². The SMILES string of the molecule is CCCCCCCCOc1ccc(/C=C(/C#N)C(=O)Nc2ccc(Cl)cc2)cc1OCC. The number of nitrogens with one attached hydrogen (secondary N) is 1. The van der Waals surface area contributed by atoms with Gasteiger partial charge in [0.2, 0.25) is 0 Å². The van der Waals surface area contributed by atoms with Crippen molar-refractivity contribution in [2.24, 2.45) is 0 Å². The van der Waals surface area contributed by atoms with Crippen LogP contribution in [0.4, 0.5) is 5.69 Å². The van der Waals surface area contributed by atoms with Crippen LogP contribution in [0.15, 0.2) is 48.0 Å². The van der Waals surface area contributed by atoms with Crippen LogP contribution in [-0.2, 0) is 4.79 Å². The summed E-state index contributed by atoms with van der Waals surface area (Å²) >= 11 is 5.87. The molecule has 0 atom stereocenters. The molecule has 0 unspecified atom stereocenters. The zero-order valence-electron chi connectivity index (χ0n) is 18.8. The molecule has 0 aliphatic carbocycles. The minimum absolute atomic E-state index is 0.0110. The number of nitrogens with zero attached hydrogens (tertiary/aromatic N) is 1. The Bertz CT molecular complexity index is 933. The van der Waals surface area contributed by atoms with E-state index < -0.39 is 5.91 Å². The van der Waals surface area contributed by atoms with Crippen molar-refractivity contribution >= 4 is 29.3 Å². The molecule has 0 heterocycles. The van der Waals surface area contributed by atoms with Gasteiger partial charge in [-0.3, -0.25) is 4.79 Å². The van der Waals surface area contributed by atoms with E-state index in [0.29, 0.717) is 41.0 Å². The lowest BCUT2D eigenvalue weighted by molar-refractivity contribution is -0.112. The van der Waals surface area contributed by atoms with Crippen LogP contribution >= 0.6 is 11.6 Å². The molecule has 32 heavy (non-hydrogen) atoms. The molecule has 0 aromatic heterocycles. The third kappa shape index (κ3) is 8.64. The topological polar surface area (TPSA) is 71.3 Å². The van der Waals surface area contributed by atoms with Crippen molar-refractivity contribution in [3.63, 3.8) is 0 Å². The molecule has 2 aromatic rings. The zero-order chi connectivity index (χ0) is 23.2. The molecule has 2 aromatic carbocycles. The fourth-order valence-electron chi connectivity index (χ4n) is 3.11. The second-order valence-electron chi connectivity index (χ2n) is 7.39. The number of carbonyl (C=O) groups excluding carboxylic acids is 1. The van der Waals surface area contributed by atoms with E-state index in [2.05, 4.69) is 12.2 Å². The Kier molecular flexibility index (Phi) is 11.2. The molecule has 170 valence electrons. The molecule has 0 radical (unpaired) electrons. The van der Waals surface area contributed by atoms with Gasteiger partial charge in [0.25, 0.3) is 5.91 Å². The smallest absolute Gasteiger partial charge is 0.266 e. The third-order valence-electron chi connectivity index (χ3n) is 4.80. The maximum absolute atomic E-state index is 12.5. The molecule has 0 bridgehead atoms. The summed E-state index contributed by atoms with van der Waals surface area (Å²) in [6.45, 7) is 5.24. The van der Waals surface area contributed by atoms with Gasteiger partial charge in [-0.05, 0) is 61.4 Å². The van der Waals surface area contributed by atoms with Gasteiger partial charge in [0, 0.05) is 10.7 Å². The van der Waals surface area contributed by atoms with Crippen molar-refractivity contribution in [3.05, 3.63) is 58.6 Å². The van der Waals surface area contributed by atoms with Crippen molar-refractivity contribution in [2.75, 3.05) is 18.5 Å². The van der Waals surface area contributed by atoms with Crippen LogP contribution in [0.3, 0.4) is 0 Å². The molecule has 6 heteroatoms. The number of rotatable bonds is 13. The van der Waals surface area contributed by atoms with Crippen molar-refractivity contribution < 1.29 is 14.3 Å². The molecule has 0 spiro atoms. The summed E-state index contributed by atoms with van der Waals surface area (Å²) in [6, 6.07) is 14.1. The molecule has 5 nitrogen and oxygen atoms in total. The number of ether oxygens (including phenoxy) is 2. The largest absolute Gasteiger partial charge is 0.490 e. The first-order valence-corrected chi connectivity index (χ1v) is 11.5. The van der Waals surface area contributed by atoms with Crippen molar-refractivity contribution in [2.45, 2.75) is 52.4 Å². The summed E-state index contributed by atoms with van der Waals surface area (Å²) in [5, 5.41) is 12.7. The Labute approximate surface area is 196 Å². The molecular formula is C26H31ClN2O3. The van der Waals surface area contributed by atoms with Crippen LogP contribution in [0.25, 0.3) is 6.08 Å². The highest BCUT2D eigenvalue weighted by Crippen LogP contribution is 2.30. The predicted octanol–water partition coefficient (Wildman–Crippen LogP) is 7.02. The molecule has 0 saturated heterocycles. The Morgan fingerprint density at radius 3 is 2.41 bits per heavy atom. The van der Waals surface area contributed by atoms with Crippen LogP contribution in [0.1, 0.15) is 57.9 Å². The van der Waals surface area contributed by atoms with Gasteiger partial charge in [-0.15, -0.1) is 0 Å². The van der Waals surface area contributed by atoms with E-state index >= 15 is 0 Å². The molecule has 0 aliphatic rings. The Hall–Kier alpha value is -2.97. The van der Waals surface area contributed by atoms with Gasteiger partial charge in [0.1, 0.15) is 11.6 Å². The van der Waals surface area contributed by atoms with Crippen molar-refractivity contribution in [1.82, 2.24) is 0 Å². The van der Waals surface area contributed by atoms with Gasteiger partial charge >= 0.3 is 0 Å². The number of benzene rings is 2. The fraction of sp³-hybridized carbons (Fsp3) is 0.385. The summed E-state index contributed by atoms with van der Waals surface area (Å²) in [7, 11) is 0. The number of halogens is 1. The van der Waals surface area contributed by atoms with E-state index in [9.17, 15) is 10.1 Å². The number of hydrogen-bond acceptors (Lipinski definition) is 4. The summed E-state index contributed by atoms with van der Waals surface area (Å²) in [6.07, 6.45) is 8.71. The lowest BCUT2D eigenvalue weighted by atomic mass is 10.1. The average Bonchev–Trinajstić information content (AvgIpc) is 2.79. The molecule has 1 amide bonds. The summed E-state index contributed by atoms with van der Waals surface area (Å²) in [5.74, 6) is 0.778. The molecule has 2 rings (SSSR count). The van der Waals surface area contributed by atoms with Crippen molar-refractivity contribution in [3.8, 4) is 17.6 Å². The fourth-order valence-corrected chi connectivity index (χ4v) is 3.24. The number of carbonyl (C=O) groups is 1. The lowest BCUT2D eigenvalue weighted by Crippen LogP contribution is -2.13. The van der Waals surface area contributed by atoms with E-state index in [0.717, 1.165) is 12.8 Å². The Morgan fingerprint density at radius 1 is 1.00 bits per heavy atom. The first-order chi connectivity index (χ1) is 15.6. The molecular weight excluding hydrogens is 424 g/mol. The normalized spacial score (nSPS) is 11.0. The zero-order valence-corrected chi connectivity index (χ0v) is 19.6. The first kappa shape index (κ1) is 25.3. The maximum Gasteiger partial charge on any atom is 0.266 e. The number of amides is 1. The van der Waals surface area contributed by atoms with Crippen molar-refractivity contribution in [1.29, 1.82) is 5.26 Å². The average molecular weight is 455 g/mol. The number of unbranched alkanes of at least 4 members (excludes halogenated alkanes) is 5. The quantitative estimate of drug-likeness (QED) is 0.200. The van der Waals surface area contributed by atoms with Gasteiger partial charge in [0.05, 0.1) is 13.2 Å². The molecule has 0 aliphatic heterocycles. The molecule has 1 N–H and O–H groups in total. The van der Waals surface area contributed by atoms with E-state index in [1.807, 2.05) is 25.1 Å². The van der Waals surface area contributed by atoms with Crippen LogP contribution in [-0.4, -0.2) is 19.1 Å². The maximum atomic E-state index is 12.5. The van der Waals surface area contributed by atoms with E-state index in [1.165, 1.54) is 31.8 Å². The second-order valence-corrected chi connectivity index (χ2v) is 7.82. The monoisotopic (exact) mass is 454 g/mol. The highest BCUT2D eigenvalue weighted by molar-refractivity contribution is 6.30. The number of anilines is 1. The highest BCUT2D eigenvalue weighted by atomic mass is 35.5. The van der Waals surface area contributed by atoms with E-state index in [-0.39, 0.29) is 5.57 Å². The summed E-state index contributed by atoms with van der Waals surface area (Å²) in [5.41, 5.74) is 1.24. The van der Waals surface area contributed by atoms with Crippen LogP contribution in [0, 0.1) is 11.3 Å². The third-order valence-corrected chi connectivity index (χ3v) is 5.05. The Morgan fingerprint density at radius 2 is 1.72 bits per heavy atom. The van der Waals surface area contributed by atoms with Gasteiger partial charge in [-0.2, -0.15) is 5.26 Å². The highest BCUT2D eigenvalue weighted by Gasteiger charge is 2.11. The van der Waals surface area contributed by atoms with E-state index in [1.54, 1.807) is 30.3 Å². The van der Waals surface area contributed by atoms with Gasteiger partial charge in [0.15, 0.2) is 11.5 Å².